The SMILES string of the molecule is OC(CN1CCCC1)c1c(F)cccc1F. The van der Waals surface area contributed by atoms with E-state index >= 15 is 0 Å². The molecule has 0 aliphatic carbocycles. The van der Waals surface area contributed by atoms with Crippen LogP contribution in [0.15, 0.2) is 18.2 Å². The van der Waals surface area contributed by atoms with E-state index in [-0.39, 0.29) is 5.56 Å². The van der Waals surface area contributed by atoms with Gasteiger partial charge in [-0.25, -0.2) is 8.78 Å². The lowest BCUT2D eigenvalue weighted by Crippen LogP contribution is -2.26. The summed E-state index contributed by atoms with van der Waals surface area (Å²) in [4.78, 5) is 2.02. The largest absolute Gasteiger partial charge is 0.387 e. The second-order valence-corrected chi connectivity index (χ2v) is 4.16. The van der Waals surface area contributed by atoms with Crippen LogP contribution in [0.1, 0.15) is 24.5 Å². The third kappa shape index (κ3) is 2.39. The van der Waals surface area contributed by atoms with Crippen molar-refractivity contribution in [2.75, 3.05) is 19.6 Å². The second kappa shape index (κ2) is 4.89. The lowest BCUT2D eigenvalue weighted by Gasteiger charge is -2.20. The molecule has 1 heterocycles. The quantitative estimate of drug-likeness (QED) is 0.854. The molecule has 1 fully saturated rings. The second-order valence-electron chi connectivity index (χ2n) is 4.16. The van der Waals surface area contributed by atoms with Gasteiger partial charge in [0.2, 0.25) is 0 Å². The van der Waals surface area contributed by atoms with Gasteiger partial charge in [0, 0.05) is 6.54 Å². The number of β-amino-alcohol motifs (C(OH)–C–C–N with tert-alkyl or cyclic N) is 1. The van der Waals surface area contributed by atoms with Crippen LogP contribution in [-0.2, 0) is 0 Å². The number of hydrogen-bond acceptors (Lipinski definition) is 2. The smallest absolute Gasteiger partial charge is 0.131 e. The molecule has 0 bridgehead atoms. The number of hydrogen-bond donors (Lipinski definition) is 1. The fourth-order valence-corrected chi connectivity index (χ4v) is 2.13. The number of rotatable bonds is 3. The van der Waals surface area contributed by atoms with Crippen LogP contribution < -0.4 is 0 Å². The first kappa shape index (κ1) is 11.5. The molecule has 0 radical (unpaired) electrons. The van der Waals surface area contributed by atoms with E-state index < -0.39 is 17.7 Å². The molecule has 4 heteroatoms. The molecule has 88 valence electrons. The van der Waals surface area contributed by atoms with Crippen LogP contribution in [0.5, 0.6) is 0 Å². The summed E-state index contributed by atoms with van der Waals surface area (Å²) in [7, 11) is 0. The van der Waals surface area contributed by atoms with Crippen LogP contribution in [0.25, 0.3) is 0 Å². The van der Waals surface area contributed by atoms with Gasteiger partial charge in [-0.15, -0.1) is 0 Å². The van der Waals surface area contributed by atoms with Gasteiger partial charge in [-0.2, -0.15) is 0 Å². The zero-order valence-corrected chi connectivity index (χ0v) is 9.00. The Hall–Kier alpha value is -1.00. The molecular formula is C12H15F2NO. The Balaban J connectivity index is 2.10. The molecule has 1 aliphatic heterocycles. The molecule has 1 aromatic rings. The first-order valence-electron chi connectivity index (χ1n) is 5.53. The minimum Gasteiger partial charge on any atom is -0.387 e. The molecule has 2 rings (SSSR count). The van der Waals surface area contributed by atoms with Crippen molar-refractivity contribution in [1.82, 2.24) is 4.90 Å². The number of aliphatic hydroxyl groups excluding tert-OH is 1. The zero-order valence-electron chi connectivity index (χ0n) is 9.00. The minimum atomic E-state index is -1.08. The Kier molecular flexibility index (Phi) is 3.51. The highest BCUT2D eigenvalue weighted by Gasteiger charge is 2.21. The summed E-state index contributed by atoms with van der Waals surface area (Å²) in [6.07, 6.45) is 1.10. The van der Waals surface area contributed by atoms with E-state index in [0.29, 0.717) is 6.54 Å². The van der Waals surface area contributed by atoms with Gasteiger partial charge in [-0.1, -0.05) is 6.07 Å². The van der Waals surface area contributed by atoms with Gasteiger partial charge in [-0.05, 0) is 38.1 Å². The van der Waals surface area contributed by atoms with Gasteiger partial charge in [0.25, 0.3) is 0 Å². The molecule has 1 unspecified atom stereocenters. The van der Waals surface area contributed by atoms with Gasteiger partial charge in [-0.3, -0.25) is 0 Å². The summed E-state index contributed by atoms with van der Waals surface area (Å²) in [6, 6.07) is 3.65. The van der Waals surface area contributed by atoms with E-state index in [9.17, 15) is 13.9 Å². The molecule has 0 saturated carbocycles. The Labute approximate surface area is 93.5 Å². The molecule has 1 N–H and O–H groups in total. The van der Waals surface area contributed by atoms with Crippen LogP contribution in [0.4, 0.5) is 8.78 Å². The van der Waals surface area contributed by atoms with Crippen molar-refractivity contribution < 1.29 is 13.9 Å². The van der Waals surface area contributed by atoms with Crippen molar-refractivity contribution in [2.24, 2.45) is 0 Å². The number of aliphatic hydroxyl groups is 1. The maximum absolute atomic E-state index is 13.4. The molecule has 1 saturated heterocycles. The summed E-state index contributed by atoms with van der Waals surface area (Å²) in [6.45, 7) is 2.10. The molecule has 1 aliphatic rings. The summed E-state index contributed by atoms with van der Waals surface area (Å²) >= 11 is 0. The first-order valence-corrected chi connectivity index (χ1v) is 5.53. The van der Waals surface area contributed by atoms with Crippen LogP contribution in [0, 0.1) is 11.6 Å². The lowest BCUT2D eigenvalue weighted by atomic mass is 10.1. The molecule has 1 aromatic carbocycles. The summed E-state index contributed by atoms with van der Waals surface area (Å²) < 4.78 is 26.7. The van der Waals surface area contributed by atoms with Gasteiger partial charge in [0.15, 0.2) is 0 Å². The summed E-state index contributed by atoms with van der Waals surface area (Å²) in [5, 5.41) is 9.82. The maximum atomic E-state index is 13.4. The van der Waals surface area contributed by atoms with Crippen LogP contribution in [0.2, 0.25) is 0 Å². The highest BCUT2D eigenvalue weighted by molar-refractivity contribution is 5.22. The zero-order chi connectivity index (χ0) is 11.5. The molecule has 2 nitrogen and oxygen atoms in total. The molecule has 16 heavy (non-hydrogen) atoms. The van der Waals surface area contributed by atoms with E-state index in [1.54, 1.807) is 0 Å². The highest BCUT2D eigenvalue weighted by Crippen LogP contribution is 2.22. The standard InChI is InChI=1S/C12H15F2NO/c13-9-4-3-5-10(14)12(9)11(16)8-15-6-1-2-7-15/h3-5,11,16H,1-2,6-8H2. The van der Waals surface area contributed by atoms with Crippen molar-refractivity contribution in [3.63, 3.8) is 0 Å². The third-order valence-corrected chi connectivity index (χ3v) is 2.96. The predicted octanol–water partition coefficient (Wildman–Crippen LogP) is 2.09. The molecule has 0 spiro atoms. The lowest BCUT2D eigenvalue weighted by molar-refractivity contribution is 0.119. The topological polar surface area (TPSA) is 23.5 Å². The Morgan fingerprint density at radius 1 is 1.19 bits per heavy atom. The highest BCUT2D eigenvalue weighted by atomic mass is 19.1. The fourth-order valence-electron chi connectivity index (χ4n) is 2.13. The van der Waals surface area contributed by atoms with Crippen LogP contribution in [0.3, 0.4) is 0 Å². The van der Waals surface area contributed by atoms with Crippen molar-refractivity contribution >= 4 is 0 Å². The van der Waals surface area contributed by atoms with Crippen molar-refractivity contribution in [1.29, 1.82) is 0 Å². The van der Waals surface area contributed by atoms with E-state index in [4.69, 9.17) is 0 Å². The fraction of sp³-hybridized carbons (Fsp3) is 0.500. The van der Waals surface area contributed by atoms with E-state index in [1.165, 1.54) is 18.2 Å². The average molecular weight is 227 g/mol. The van der Waals surface area contributed by atoms with Gasteiger partial charge in [0.1, 0.15) is 11.6 Å². The van der Waals surface area contributed by atoms with Gasteiger partial charge < -0.3 is 10.0 Å². The molecule has 0 aromatic heterocycles. The summed E-state index contributed by atoms with van der Waals surface area (Å²) in [5.74, 6) is -1.35. The first-order chi connectivity index (χ1) is 7.68. The Morgan fingerprint density at radius 2 is 1.75 bits per heavy atom. The van der Waals surface area contributed by atoms with Gasteiger partial charge in [0.05, 0.1) is 11.7 Å². The van der Waals surface area contributed by atoms with E-state index in [1.807, 2.05) is 4.90 Å². The number of likely N-dealkylation sites (tertiary alicyclic amines) is 1. The Bertz CT molecular complexity index is 344. The third-order valence-electron chi connectivity index (χ3n) is 2.96. The van der Waals surface area contributed by atoms with E-state index in [0.717, 1.165) is 25.9 Å². The van der Waals surface area contributed by atoms with Crippen LogP contribution in [-0.4, -0.2) is 29.6 Å². The van der Waals surface area contributed by atoms with Crippen LogP contribution >= 0.6 is 0 Å². The number of nitrogens with zero attached hydrogens (tertiary/aromatic N) is 1. The molecule has 0 amide bonds. The van der Waals surface area contributed by atoms with Gasteiger partial charge >= 0.3 is 0 Å². The monoisotopic (exact) mass is 227 g/mol. The van der Waals surface area contributed by atoms with Crippen molar-refractivity contribution in [2.45, 2.75) is 18.9 Å². The number of benzene rings is 1. The molecule has 1 atom stereocenters. The normalized spacial score (nSPS) is 18.9. The number of halogens is 2. The van der Waals surface area contributed by atoms with Crippen molar-refractivity contribution in [3.8, 4) is 0 Å². The Morgan fingerprint density at radius 3 is 2.31 bits per heavy atom. The molecular weight excluding hydrogens is 212 g/mol. The minimum absolute atomic E-state index is 0.214. The maximum Gasteiger partial charge on any atom is 0.131 e. The van der Waals surface area contributed by atoms with Crippen molar-refractivity contribution in [3.05, 3.63) is 35.4 Å². The summed E-state index contributed by atoms with van der Waals surface area (Å²) in [5.41, 5.74) is -0.214. The average Bonchev–Trinajstić information content (AvgIpc) is 2.70. The predicted molar refractivity (Wildman–Crippen MR) is 57.0 cm³/mol. The van der Waals surface area contributed by atoms with E-state index in [2.05, 4.69) is 0 Å².